The Morgan fingerprint density at radius 3 is 2.60 bits per heavy atom. The third kappa shape index (κ3) is 2.97. The van der Waals surface area contributed by atoms with Crippen molar-refractivity contribution in [2.75, 3.05) is 36.0 Å². The Morgan fingerprint density at radius 1 is 1.12 bits per heavy atom. The minimum absolute atomic E-state index is 0.0820. The number of halogens is 1. The van der Waals surface area contributed by atoms with E-state index in [9.17, 15) is 9.18 Å². The number of hydrogen-bond acceptors (Lipinski definition) is 6. The fraction of sp³-hybridized carbons (Fsp3) is 0.353. The van der Waals surface area contributed by atoms with Gasteiger partial charge in [0.15, 0.2) is 5.13 Å². The number of thiazole rings is 1. The molecule has 3 aromatic rings. The molecule has 1 aliphatic rings. The lowest BCUT2D eigenvalue weighted by molar-refractivity contribution is 0.588. The van der Waals surface area contributed by atoms with Gasteiger partial charge in [0.2, 0.25) is 0 Å². The van der Waals surface area contributed by atoms with E-state index in [0.29, 0.717) is 12.1 Å². The minimum Gasteiger partial charge on any atom is -0.352 e. The molecule has 0 amide bonds. The summed E-state index contributed by atoms with van der Waals surface area (Å²) in [5, 5.41) is 5.26. The lowest BCUT2D eigenvalue weighted by Gasteiger charge is -2.35. The van der Waals surface area contributed by atoms with Crippen molar-refractivity contribution in [3.63, 3.8) is 0 Å². The summed E-state index contributed by atoms with van der Waals surface area (Å²) in [6.07, 6.45) is 0. The maximum Gasteiger partial charge on any atom is 0.266 e. The number of rotatable bonds is 3. The normalized spacial score (nSPS) is 15.1. The minimum atomic E-state index is -0.273. The molecule has 1 saturated heterocycles. The number of benzene rings is 1. The van der Waals surface area contributed by atoms with Gasteiger partial charge in [-0.1, -0.05) is 17.4 Å². The Hall–Kier alpha value is -2.48. The first-order valence-corrected chi connectivity index (χ1v) is 9.10. The van der Waals surface area contributed by atoms with Gasteiger partial charge in [0.25, 0.3) is 5.56 Å². The van der Waals surface area contributed by atoms with E-state index in [1.54, 1.807) is 18.2 Å². The van der Waals surface area contributed by atoms with Crippen molar-refractivity contribution in [3.8, 4) is 0 Å². The van der Waals surface area contributed by atoms with Crippen molar-refractivity contribution in [3.05, 3.63) is 46.5 Å². The van der Waals surface area contributed by atoms with Crippen LogP contribution < -0.4 is 15.4 Å². The van der Waals surface area contributed by atoms with Gasteiger partial charge in [-0.3, -0.25) is 4.79 Å². The van der Waals surface area contributed by atoms with Crippen LogP contribution in [0.3, 0.4) is 0 Å². The van der Waals surface area contributed by atoms with Gasteiger partial charge in [-0.2, -0.15) is 5.10 Å². The zero-order valence-electron chi connectivity index (χ0n) is 13.9. The summed E-state index contributed by atoms with van der Waals surface area (Å²) in [7, 11) is 0. The molecule has 8 heteroatoms. The van der Waals surface area contributed by atoms with E-state index >= 15 is 0 Å². The molecule has 0 atom stereocenters. The highest BCUT2D eigenvalue weighted by molar-refractivity contribution is 7.22. The van der Waals surface area contributed by atoms with Crippen molar-refractivity contribution in [1.29, 1.82) is 0 Å². The standard InChI is InChI=1S/C17H18FN5OS/c1-2-23-15(24)7-6-14(20-23)21-8-10-22(11-9-21)17-19-16-12(18)4-3-5-13(16)25-17/h3-7H,2,8-11H2,1H3. The molecular formula is C17H18FN5OS. The van der Waals surface area contributed by atoms with Crippen molar-refractivity contribution < 1.29 is 4.39 Å². The smallest absolute Gasteiger partial charge is 0.266 e. The summed E-state index contributed by atoms with van der Waals surface area (Å²) in [5.41, 5.74) is 0.364. The van der Waals surface area contributed by atoms with Crippen LogP contribution in [-0.2, 0) is 6.54 Å². The summed E-state index contributed by atoms with van der Waals surface area (Å²) >= 11 is 1.52. The van der Waals surface area contributed by atoms with Crippen LogP contribution in [0.2, 0.25) is 0 Å². The number of nitrogens with zero attached hydrogens (tertiary/aromatic N) is 5. The first-order valence-electron chi connectivity index (χ1n) is 8.29. The summed E-state index contributed by atoms with van der Waals surface area (Å²) < 4.78 is 16.2. The lowest BCUT2D eigenvalue weighted by atomic mass is 10.3. The predicted molar refractivity (Wildman–Crippen MR) is 98.2 cm³/mol. The zero-order chi connectivity index (χ0) is 17.4. The molecule has 6 nitrogen and oxygen atoms in total. The van der Waals surface area contributed by atoms with Crippen LogP contribution in [-0.4, -0.2) is 40.9 Å². The second-order valence-corrected chi connectivity index (χ2v) is 6.91. The van der Waals surface area contributed by atoms with Gasteiger partial charge < -0.3 is 9.80 Å². The second kappa shape index (κ2) is 6.44. The number of aryl methyl sites for hydroxylation is 1. The molecule has 0 spiro atoms. The van der Waals surface area contributed by atoms with E-state index in [1.165, 1.54) is 22.1 Å². The van der Waals surface area contributed by atoms with Gasteiger partial charge in [-0.25, -0.2) is 14.1 Å². The van der Waals surface area contributed by atoms with Gasteiger partial charge in [0, 0.05) is 38.8 Å². The van der Waals surface area contributed by atoms with E-state index in [0.717, 1.165) is 41.8 Å². The second-order valence-electron chi connectivity index (χ2n) is 5.90. The van der Waals surface area contributed by atoms with Crippen LogP contribution in [0.15, 0.2) is 35.1 Å². The topological polar surface area (TPSA) is 54.3 Å². The highest BCUT2D eigenvalue weighted by Crippen LogP contribution is 2.30. The van der Waals surface area contributed by atoms with Gasteiger partial charge in [0.05, 0.1) is 4.70 Å². The van der Waals surface area contributed by atoms with E-state index < -0.39 is 0 Å². The Morgan fingerprint density at radius 2 is 1.88 bits per heavy atom. The largest absolute Gasteiger partial charge is 0.352 e. The first kappa shape index (κ1) is 16.0. The van der Waals surface area contributed by atoms with Crippen molar-refractivity contribution in [2.24, 2.45) is 0 Å². The number of anilines is 2. The van der Waals surface area contributed by atoms with Crippen molar-refractivity contribution in [1.82, 2.24) is 14.8 Å². The quantitative estimate of drug-likeness (QED) is 0.718. The Bertz CT molecular complexity index is 961. The molecule has 0 aliphatic carbocycles. The van der Waals surface area contributed by atoms with Crippen molar-refractivity contribution in [2.45, 2.75) is 13.5 Å². The monoisotopic (exact) mass is 359 g/mol. The molecule has 1 aliphatic heterocycles. The van der Waals surface area contributed by atoms with Crippen LogP contribution in [0.5, 0.6) is 0 Å². The van der Waals surface area contributed by atoms with Crippen LogP contribution in [0, 0.1) is 5.82 Å². The first-order chi connectivity index (χ1) is 12.2. The maximum atomic E-state index is 13.8. The molecule has 1 fully saturated rings. The summed E-state index contributed by atoms with van der Waals surface area (Å²) in [6.45, 7) is 5.61. The van der Waals surface area contributed by atoms with Gasteiger partial charge in [-0.05, 0) is 25.1 Å². The van der Waals surface area contributed by atoms with Gasteiger partial charge in [-0.15, -0.1) is 0 Å². The van der Waals surface area contributed by atoms with E-state index in [-0.39, 0.29) is 11.4 Å². The van der Waals surface area contributed by atoms with Crippen molar-refractivity contribution >= 4 is 32.5 Å². The Balaban J connectivity index is 1.51. The molecule has 4 rings (SSSR count). The van der Waals surface area contributed by atoms with Gasteiger partial charge in [0.1, 0.15) is 17.2 Å². The molecule has 0 radical (unpaired) electrons. The molecule has 3 heterocycles. The molecular weight excluding hydrogens is 341 g/mol. The predicted octanol–water partition coefficient (Wildman–Crippen LogP) is 2.34. The maximum absolute atomic E-state index is 13.8. The number of aromatic nitrogens is 3. The molecule has 0 unspecified atom stereocenters. The number of fused-ring (bicyclic) bond motifs is 1. The summed E-state index contributed by atoms with van der Waals surface area (Å²) in [5.74, 6) is 0.543. The fourth-order valence-electron chi connectivity index (χ4n) is 3.00. The molecule has 0 saturated carbocycles. The number of piperazine rings is 1. The molecule has 1 aromatic carbocycles. The zero-order valence-corrected chi connectivity index (χ0v) is 14.7. The highest BCUT2D eigenvalue weighted by atomic mass is 32.1. The highest BCUT2D eigenvalue weighted by Gasteiger charge is 2.21. The third-order valence-electron chi connectivity index (χ3n) is 4.38. The number of para-hydroxylation sites is 1. The molecule has 25 heavy (non-hydrogen) atoms. The molecule has 0 bridgehead atoms. The van der Waals surface area contributed by atoms with Crippen LogP contribution in [0.4, 0.5) is 15.3 Å². The molecule has 2 aromatic heterocycles. The Kier molecular flexibility index (Phi) is 4.12. The van der Waals surface area contributed by atoms with Gasteiger partial charge >= 0.3 is 0 Å². The third-order valence-corrected chi connectivity index (χ3v) is 5.47. The number of hydrogen-bond donors (Lipinski definition) is 0. The van der Waals surface area contributed by atoms with Crippen LogP contribution in [0.1, 0.15) is 6.92 Å². The lowest BCUT2D eigenvalue weighted by Crippen LogP contribution is -2.47. The van der Waals surface area contributed by atoms with E-state index in [2.05, 4.69) is 19.9 Å². The average molecular weight is 359 g/mol. The van der Waals surface area contributed by atoms with Crippen LogP contribution >= 0.6 is 11.3 Å². The SMILES string of the molecule is CCn1nc(N2CCN(c3nc4c(F)cccc4s3)CC2)ccc1=O. The Labute approximate surface area is 148 Å². The molecule has 0 N–H and O–H groups in total. The summed E-state index contributed by atoms with van der Waals surface area (Å²) in [4.78, 5) is 20.5. The average Bonchev–Trinajstić information content (AvgIpc) is 3.08. The van der Waals surface area contributed by atoms with Crippen LogP contribution in [0.25, 0.3) is 10.2 Å². The fourth-order valence-corrected chi connectivity index (χ4v) is 4.03. The summed E-state index contributed by atoms with van der Waals surface area (Å²) in [6, 6.07) is 8.39. The molecule has 130 valence electrons. The van der Waals surface area contributed by atoms with E-state index in [4.69, 9.17) is 0 Å². The van der Waals surface area contributed by atoms with E-state index in [1.807, 2.05) is 13.0 Å².